The molecular weight excluding hydrogens is 184 g/mol. The Balaban J connectivity index is 0.000000308. The van der Waals surface area contributed by atoms with Crippen molar-refractivity contribution >= 4 is 9.84 Å². The molecule has 0 aromatic carbocycles. The molecule has 0 aromatic heterocycles. The molecule has 2 saturated carbocycles. The topological polar surface area (TPSA) is 34.1 Å². The van der Waals surface area contributed by atoms with Crippen molar-refractivity contribution in [2.24, 2.45) is 17.8 Å². The Hall–Kier alpha value is -0.0500. The van der Waals surface area contributed by atoms with Gasteiger partial charge in [-0.25, -0.2) is 8.42 Å². The summed E-state index contributed by atoms with van der Waals surface area (Å²) in [5.74, 6) is 2.42. The lowest BCUT2D eigenvalue weighted by Crippen LogP contribution is -2.19. The van der Waals surface area contributed by atoms with Gasteiger partial charge < -0.3 is 0 Å². The van der Waals surface area contributed by atoms with E-state index in [0.29, 0.717) is 17.6 Å². The van der Waals surface area contributed by atoms with Gasteiger partial charge in [-0.2, -0.15) is 0 Å². The van der Waals surface area contributed by atoms with Crippen LogP contribution in [-0.2, 0) is 9.84 Å². The zero-order valence-corrected chi connectivity index (χ0v) is 9.18. The minimum atomic E-state index is -2.63. The quantitative estimate of drug-likeness (QED) is 0.601. The largest absolute Gasteiger partial charge is 0.229 e. The third-order valence-electron chi connectivity index (χ3n) is 3.80. The summed E-state index contributed by atoms with van der Waals surface area (Å²) in [6, 6.07) is 0. The first-order valence-electron chi connectivity index (χ1n) is 5.38. The van der Waals surface area contributed by atoms with Crippen LogP contribution in [0.1, 0.15) is 33.1 Å². The van der Waals surface area contributed by atoms with Crippen molar-refractivity contribution < 1.29 is 8.42 Å². The monoisotopic (exact) mass is 202 g/mol. The van der Waals surface area contributed by atoms with E-state index in [9.17, 15) is 8.42 Å². The van der Waals surface area contributed by atoms with Crippen molar-refractivity contribution in [1.82, 2.24) is 0 Å². The molecule has 0 radical (unpaired) electrons. The molecule has 0 spiro atoms. The fourth-order valence-corrected chi connectivity index (χ4v) is 6.11. The molecule has 2 nitrogen and oxygen atoms in total. The predicted octanol–water partition coefficient (Wildman–Crippen LogP) is 1.86. The van der Waals surface area contributed by atoms with Crippen LogP contribution < -0.4 is 0 Å². The molecule has 0 N–H and O–H groups in total. The maximum atomic E-state index is 11.5. The van der Waals surface area contributed by atoms with Crippen LogP contribution in [0, 0.1) is 17.8 Å². The average Bonchev–Trinajstić information content (AvgIpc) is 2.67. The summed E-state index contributed by atoms with van der Waals surface area (Å²) >= 11 is 0. The van der Waals surface area contributed by atoms with Crippen LogP contribution in [0.5, 0.6) is 0 Å². The van der Waals surface area contributed by atoms with Crippen LogP contribution >= 0.6 is 0 Å². The second-order valence-corrected chi connectivity index (χ2v) is 6.63. The normalized spacial score (nSPS) is 48.8. The lowest BCUT2D eigenvalue weighted by Gasteiger charge is -2.14. The zero-order valence-electron chi connectivity index (χ0n) is 8.36. The van der Waals surface area contributed by atoms with Gasteiger partial charge in [0.05, 0.1) is 11.0 Å². The molecule has 0 amide bonds. The molecule has 3 heteroatoms. The van der Waals surface area contributed by atoms with Crippen LogP contribution in [0.15, 0.2) is 0 Å². The second kappa shape index (κ2) is 2.97. The van der Waals surface area contributed by atoms with Crippen molar-refractivity contribution in [1.29, 1.82) is 0 Å². The van der Waals surface area contributed by atoms with E-state index in [-0.39, 0.29) is 5.25 Å². The summed E-state index contributed by atoms with van der Waals surface area (Å²) in [4.78, 5) is 0. The van der Waals surface area contributed by atoms with Gasteiger partial charge in [0, 0.05) is 0 Å². The number of rotatable bonds is 0. The van der Waals surface area contributed by atoms with E-state index in [1.54, 1.807) is 0 Å². The van der Waals surface area contributed by atoms with E-state index in [4.69, 9.17) is 0 Å². The lowest BCUT2D eigenvalue weighted by atomic mass is 9.91. The Kier molecular flexibility index (Phi) is 2.17. The first kappa shape index (κ1) is 9.50. The Morgan fingerprint density at radius 1 is 1.08 bits per heavy atom. The van der Waals surface area contributed by atoms with Crippen molar-refractivity contribution in [2.45, 2.75) is 38.4 Å². The maximum absolute atomic E-state index is 11.5. The molecule has 3 fully saturated rings. The van der Waals surface area contributed by atoms with Crippen molar-refractivity contribution in [3.05, 3.63) is 0 Å². The summed E-state index contributed by atoms with van der Waals surface area (Å²) < 4.78 is 23.0. The predicted molar refractivity (Wildman–Crippen MR) is 53.2 cm³/mol. The van der Waals surface area contributed by atoms with E-state index in [2.05, 4.69) is 0 Å². The number of sulfone groups is 1. The van der Waals surface area contributed by atoms with Gasteiger partial charge >= 0.3 is 0 Å². The summed E-state index contributed by atoms with van der Waals surface area (Å²) in [7, 11) is -2.63. The Bertz CT molecular complexity index is 292. The van der Waals surface area contributed by atoms with Gasteiger partial charge in [0.25, 0.3) is 0 Å². The molecule has 76 valence electrons. The van der Waals surface area contributed by atoms with E-state index in [0.717, 1.165) is 12.3 Å². The third kappa shape index (κ3) is 1.24. The minimum Gasteiger partial charge on any atom is -0.229 e. The Morgan fingerprint density at radius 3 is 2.23 bits per heavy atom. The van der Waals surface area contributed by atoms with Crippen LogP contribution in [0.4, 0.5) is 0 Å². The number of fused-ring (bicyclic) bond motifs is 1. The molecule has 13 heavy (non-hydrogen) atoms. The van der Waals surface area contributed by atoms with E-state index < -0.39 is 9.84 Å². The molecular formula is C10H18O2S. The van der Waals surface area contributed by atoms with Crippen LogP contribution in [-0.4, -0.2) is 19.4 Å². The molecule has 0 aromatic rings. The van der Waals surface area contributed by atoms with Crippen LogP contribution in [0.2, 0.25) is 0 Å². The van der Waals surface area contributed by atoms with Crippen LogP contribution in [0.25, 0.3) is 0 Å². The standard InChI is InChI=1S/C8H12O2S.C2H6/c9-11(10)4-6-1-5-2-7(6)8(11)3-5;1-2/h5-8H,1-4H2;1-2H3. The molecule has 1 heterocycles. The third-order valence-corrected chi connectivity index (χ3v) is 6.16. The van der Waals surface area contributed by atoms with Gasteiger partial charge in [0.1, 0.15) is 0 Å². The van der Waals surface area contributed by atoms with Gasteiger partial charge in [-0.1, -0.05) is 13.8 Å². The van der Waals surface area contributed by atoms with Gasteiger partial charge in [-0.3, -0.25) is 0 Å². The van der Waals surface area contributed by atoms with E-state index in [1.165, 1.54) is 12.8 Å². The van der Waals surface area contributed by atoms with E-state index in [1.807, 2.05) is 13.8 Å². The Morgan fingerprint density at radius 2 is 1.77 bits per heavy atom. The number of hydrogen-bond donors (Lipinski definition) is 0. The lowest BCUT2D eigenvalue weighted by molar-refractivity contribution is 0.397. The maximum Gasteiger partial charge on any atom is 0.153 e. The smallest absolute Gasteiger partial charge is 0.153 e. The second-order valence-electron chi connectivity index (χ2n) is 4.37. The fourth-order valence-electron chi connectivity index (χ4n) is 3.45. The molecule has 1 saturated heterocycles. The molecule has 3 aliphatic rings. The highest BCUT2D eigenvalue weighted by Gasteiger charge is 2.57. The highest BCUT2D eigenvalue weighted by molar-refractivity contribution is 7.92. The zero-order chi connectivity index (χ0) is 9.64. The van der Waals surface area contributed by atoms with Gasteiger partial charge in [0.2, 0.25) is 0 Å². The first-order valence-corrected chi connectivity index (χ1v) is 7.10. The summed E-state index contributed by atoms with van der Waals surface area (Å²) in [6.45, 7) is 4.00. The number of hydrogen-bond acceptors (Lipinski definition) is 2. The molecule has 4 unspecified atom stereocenters. The molecule has 2 aliphatic carbocycles. The van der Waals surface area contributed by atoms with Crippen molar-refractivity contribution in [2.75, 3.05) is 5.75 Å². The van der Waals surface area contributed by atoms with Gasteiger partial charge in [-0.15, -0.1) is 0 Å². The van der Waals surface area contributed by atoms with Crippen molar-refractivity contribution in [3.8, 4) is 0 Å². The molecule has 1 aliphatic heterocycles. The summed E-state index contributed by atoms with van der Waals surface area (Å²) in [6.07, 6.45) is 3.42. The highest BCUT2D eigenvalue weighted by atomic mass is 32.2. The minimum absolute atomic E-state index is 0.0891. The SMILES string of the molecule is CC.O=S1(=O)CC2CC3CC2C1C3. The first-order chi connectivity index (χ1) is 6.17. The van der Waals surface area contributed by atoms with Gasteiger partial charge in [-0.05, 0) is 37.0 Å². The molecule has 2 bridgehead atoms. The van der Waals surface area contributed by atoms with E-state index >= 15 is 0 Å². The molecule has 4 atom stereocenters. The average molecular weight is 202 g/mol. The fraction of sp³-hybridized carbons (Fsp3) is 1.00. The Labute approximate surface area is 80.6 Å². The summed E-state index contributed by atoms with van der Waals surface area (Å²) in [5.41, 5.74) is 0. The van der Waals surface area contributed by atoms with Crippen molar-refractivity contribution in [3.63, 3.8) is 0 Å². The summed E-state index contributed by atoms with van der Waals surface area (Å²) in [5, 5.41) is 0.0891. The highest BCUT2D eigenvalue weighted by Crippen LogP contribution is 2.56. The molecule has 3 rings (SSSR count). The van der Waals surface area contributed by atoms with Crippen LogP contribution in [0.3, 0.4) is 0 Å². The van der Waals surface area contributed by atoms with Gasteiger partial charge in [0.15, 0.2) is 9.84 Å².